The van der Waals surface area contributed by atoms with E-state index in [0.717, 1.165) is 6.54 Å². The standard InChI is InChI=1S/C13H19NS/c1-15-12-6-4-11(5-7-12)13(10-14)8-2-3-9-13/h4-7H,2-3,8-10,14H2,1H3. The quantitative estimate of drug-likeness (QED) is 0.793. The Morgan fingerprint density at radius 2 is 1.80 bits per heavy atom. The predicted octanol–water partition coefficient (Wildman–Crippen LogP) is 3.18. The Kier molecular flexibility index (Phi) is 3.37. The van der Waals surface area contributed by atoms with Gasteiger partial charge >= 0.3 is 0 Å². The Balaban J connectivity index is 2.26. The molecule has 0 aliphatic heterocycles. The van der Waals surface area contributed by atoms with Gasteiger partial charge in [-0.25, -0.2) is 0 Å². The van der Waals surface area contributed by atoms with Gasteiger partial charge in [0.15, 0.2) is 0 Å². The lowest BCUT2D eigenvalue weighted by Gasteiger charge is -2.27. The number of thioether (sulfide) groups is 1. The van der Waals surface area contributed by atoms with Crippen molar-refractivity contribution in [2.24, 2.45) is 5.73 Å². The summed E-state index contributed by atoms with van der Waals surface area (Å²) in [5, 5.41) is 0. The average molecular weight is 221 g/mol. The highest BCUT2D eigenvalue weighted by Crippen LogP contribution is 2.40. The van der Waals surface area contributed by atoms with Crippen LogP contribution in [0.15, 0.2) is 29.2 Å². The van der Waals surface area contributed by atoms with E-state index in [2.05, 4.69) is 30.5 Å². The molecule has 0 spiro atoms. The first-order chi connectivity index (χ1) is 7.30. The van der Waals surface area contributed by atoms with Gasteiger partial charge in [-0.3, -0.25) is 0 Å². The van der Waals surface area contributed by atoms with E-state index in [9.17, 15) is 0 Å². The summed E-state index contributed by atoms with van der Waals surface area (Å²) < 4.78 is 0. The van der Waals surface area contributed by atoms with Gasteiger partial charge in [-0.05, 0) is 36.8 Å². The Hall–Kier alpha value is -0.470. The van der Waals surface area contributed by atoms with E-state index in [1.54, 1.807) is 11.8 Å². The van der Waals surface area contributed by atoms with Crippen LogP contribution in [0.3, 0.4) is 0 Å². The molecular weight excluding hydrogens is 202 g/mol. The summed E-state index contributed by atoms with van der Waals surface area (Å²) in [6, 6.07) is 8.97. The summed E-state index contributed by atoms with van der Waals surface area (Å²) in [6.45, 7) is 0.797. The van der Waals surface area contributed by atoms with Crippen molar-refractivity contribution >= 4 is 11.8 Å². The Labute approximate surface area is 96.4 Å². The fourth-order valence-electron chi connectivity index (χ4n) is 2.61. The Morgan fingerprint density at radius 3 is 2.27 bits per heavy atom. The van der Waals surface area contributed by atoms with Crippen molar-refractivity contribution in [3.05, 3.63) is 29.8 Å². The van der Waals surface area contributed by atoms with Gasteiger partial charge in [0.25, 0.3) is 0 Å². The highest BCUT2D eigenvalue weighted by atomic mass is 32.2. The van der Waals surface area contributed by atoms with E-state index in [-0.39, 0.29) is 5.41 Å². The largest absolute Gasteiger partial charge is 0.330 e. The van der Waals surface area contributed by atoms with Crippen LogP contribution in [0.5, 0.6) is 0 Å². The molecule has 0 aromatic heterocycles. The van der Waals surface area contributed by atoms with E-state index in [1.807, 2.05) is 0 Å². The lowest BCUT2D eigenvalue weighted by molar-refractivity contribution is 0.453. The third kappa shape index (κ3) is 2.06. The van der Waals surface area contributed by atoms with Gasteiger partial charge in [-0.15, -0.1) is 11.8 Å². The van der Waals surface area contributed by atoms with Crippen LogP contribution in [0.1, 0.15) is 31.2 Å². The van der Waals surface area contributed by atoms with Crippen LogP contribution in [0.25, 0.3) is 0 Å². The second-order valence-corrected chi connectivity index (χ2v) is 5.30. The molecule has 1 fully saturated rings. The summed E-state index contributed by atoms with van der Waals surface area (Å²) in [6.07, 6.45) is 7.32. The number of rotatable bonds is 3. The second kappa shape index (κ2) is 4.58. The molecule has 2 heteroatoms. The molecule has 1 saturated carbocycles. The molecule has 0 heterocycles. The second-order valence-electron chi connectivity index (χ2n) is 4.42. The molecule has 1 aromatic carbocycles. The summed E-state index contributed by atoms with van der Waals surface area (Å²) in [5.74, 6) is 0. The molecule has 0 bridgehead atoms. The van der Waals surface area contributed by atoms with Crippen molar-refractivity contribution in [1.82, 2.24) is 0 Å². The molecular formula is C13H19NS. The average Bonchev–Trinajstić information content (AvgIpc) is 2.79. The van der Waals surface area contributed by atoms with E-state index < -0.39 is 0 Å². The minimum absolute atomic E-state index is 0.289. The number of hydrogen-bond donors (Lipinski definition) is 1. The maximum atomic E-state index is 5.97. The van der Waals surface area contributed by atoms with E-state index in [4.69, 9.17) is 5.73 Å². The third-order valence-corrected chi connectivity index (χ3v) is 4.40. The highest BCUT2D eigenvalue weighted by Gasteiger charge is 2.33. The Bertz CT molecular complexity index is 312. The molecule has 82 valence electrons. The first-order valence-corrected chi connectivity index (χ1v) is 6.88. The number of hydrogen-bond acceptors (Lipinski definition) is 2. The molecule has 0 atom stereocenters. The highest BCUT2D eigenvalue weighted by molar-refractivity contribution is 7.98. The molecule has 1 aliphatic carbocycles. The normalized spacial score (nSPS) is 19.3. The van der Waals surface area contributed by atoms with Crippen LogP contribution >= 0.6 is 11.8 Å². The van der Waals surface area contributed by atoms with Gasteiger partial charge in [0.1, 0.15) is 0 Å². The maximum Gasteiger partial charge on any atom is 0.00755 e. The van der Waals surface area contributed by atoms with Crippen molar-refractivity contribution in [2.45, 2.75) is 36.0 Å². The lowest BCUT2D eigenvalue weighted by atomic mass is 9.79. The van der Waals surface area contributed by atoms with E-state index >= 15 is 0 Å². The smallest absolute Gasteiger partial charge is 0.00755 e. The van der Waals surface area contributed by atoms with Crippen molar-refractivity contribution in [2.75, 3.05) is 12.8 Å². The van der Waals surface area contributed by atoms with Gasteiger partial charge in [0.2, 0.25) is 0 Å². The van der Waals surface area contributed by atoms with Crippen LogP contribution in [-0.4, -0.2) is 12.8 Å². The van der Waals surface area contributed by atoms with Crippen LogP contribution in [0, 0.1) is 0 Å². The van der Waals surface area contributed by atoms with Gasteiger partial charge in [0.05, 0.1) is 0 Å². The summed E-state index contributed by atoms with van der Waals surface area (Å²) in [7, 11) is 0. The molecule has 1 nitrogen and oxygen atoms in total. The van der Waals surface area contributed by atoms with Gasteiger partial charge in [-0.2, -0.15) is 0 Å². The number of nitrogens with two attached hydrogens (primary N) is 1. The molecule has 0 amide bonds. The minimum atomic E-state index is 0.289. The third-order valence-electron chi connectivity index (χ3n) is 3.65. The summed E-state index contributed by atoms with van der Waals surface area (Å²) >= 11 is 1.80. The fraction of sp³-hybridized carbons (Fsp3) is 0.538. The zero-order valence-corrected chi connectivity index (χ0v) is 10.1. The molecule has 1 aromatic rings. The van der Waals surface area contributed by atoms with Gasteiger partial charge in [0, 0.05) is 16.9 Å². The van der Waals surface area contributed by atoms with Crippen LogP contribution < -0.4 is 5.73 Å². The van der Waals surface area contributed by atoms with Crippen LogP contribution in [0.4, 0.5) is 0 Å². The van der Waals surface area contributed by atoms with Crippen molar-refractivity contribution < 1.29 is 0 Å². The lowest BCUT2D eigenvalue weighted by Crippen LogP contribution is -2.31. The fourth-order valence-corrected chi connectivity index (χ4v) is 3.02. The zero-order chi connectivity index (χ0) is 10.7. The number of benzene rings is 1. The van der Waals surface area contributed by atoms with Crippen LogP contribution in [-0.2, 0) is 5.41 Å². The molecule has 0 saturated heterocycles. The van der Waals surface area contributed by atoms with Crippen molar-refractivity contribution in [3.63, 3.8) is 0 Å². The van der Waals surface area contributed by atoms with Crippen molar-refractivity contribution in [3.8, 4) is 0 Å². The monoisotopic (exact) mass is 221 g/mol. The minimum Gasteiger partial charge on any atom is -0.330 e. The summed E-state index contributed by atoms with van der Waals surface area (Å²) in [5.41, 5.74) is 7.70. The molecule has 2 rings (SSSR count). The molecule has 0 unspecified atom stereocenters. The SMILES string of the molecule is CSc1ccc(C2(CN)CCCC2)cc1. The molecule has 2 N–H and O–H groups in total. The first-order valence-electron chi connectivity index (χ1n) is 5.65. The molecule has 15 heavy (non-hydrogen) atoms. The van der Waals surface area contributed by atoms with Gasteiger partial charge in [-0.1, -0.05) is 25.0 Å². The van der Waals surface area contributed by atoms with Crippen LogP contribution in [0.2, 0.25) is 0 Å². The van der Waals surface area contributed by atoms with Gasteiger partial charge < -0.3 is 5.73 Å². The Morgan fingerprint density at radius 1 is 1.20 bits per heavy atom. The molecule has 0 radical (unpaired) electrons. The molecule has 1 aliphatic rings. The maximum absolute atomic E-state index is 5.97. The van der Waals surface area contributed by atoms with Crippen molar-refractivity contribution in [1.29, 1.82) is 0 Å². The first kappa shape index (κ1) is 11.0. The van der Waals surface area contributed by atoms with E-state index in [1.165, 1.54) is 36.1 Å². The van der Waals surface area contributed by atoms with E-state index in [0.29, 0.717) is 0 Å². The topological polar surface area (TPSA) is 26.0 Å². The predicted molar refractivity (Wildman–Crippen MR) is 67.4 cm³/mol. The zero-order valence-electron chi connectivity index (χ0n) is 9.33. The summed E-state index contributed by atoms with van der Waals surface area (Å²) in [4.78, 5) is 1.34.